The molecular weight excluding hydrogens is 352 g/mol. The molecule has 26 heavy (non-hydrogen) atoms. The van der Waals surface area contributed by atoms with Gasteiger partial charge < -0.3 is 9.84 Å². The van der Waals surface area contributed by atoms with E-state index in [1.807, 2.05) is 60.7 Å². The maximum Gasteiger partial charge on any atom is 0.331 e. The number of hydrogen-bond donors (Lipinski definition) is 2. The summed E-state index contributed by atoms with van der Waals surface area (Å²) in [5, 5.41) is 10.1. The number of nitrogens with zero attached hydrogens (tertiary/aromatic N) is 1. The summed E-state index contributed by atoms with van der Waals surface area (Å²) >= 11 is 1.30. The van der Waals surface area contributed by atoms with Crippen LogP contribution in [0.4, 0.5) is 0 Å². The molecule has 0 saturated heterocycles. The Bertz CT molecular complexity index is 955. The molecule has 0 amide bonds. The van der Waals surface area contributed by atoms with Crippen LogP contribution in [-0.4, -0.2) is 21.3 Å². The van der Waals surface area contributed by atoms with E-state index in [0.717, 1.165) is 10.5 Å². The Morgan fingerprint density at radius 1 is 1.04 bits per heavy atom. The van der Waals surface area contributed by atoms with Crippen molar-refractivity contribution in [2.45, 2.75) is 22.8 Å². The monoisotopic (exact) mass is 370 g/mol. The van der Waals surface area contributed by atoms with E-state index in [1.54, 1.807) is 0 Å². The summed E-state index contributed by atoms with van der Waals surface area (Å²) in [5.74, 6) is 0. The van der Waals surface area contributed by atoms with E-state index in [0.29, 0.717) is 5.03 Å². The Morgan fingerprint density at radius 3 is 2.35 bits per heavy atom. The van der Waals surface area contributed by atoms with E-state index in [2.05, 4.69) is 4.98 Å². The van der Waals surface area contributed by atoms with Gasteiger partial charge in [-0.1, -0.05) is 60.3 Å². The van der Waals surface area contributed by atoms with Crippen molar-refractivity contribution < 1.29 is 9.84 Å². The third kappa shape index (κ3) is 4.51. The van der Waals surface area contributed by atoms with Crippen LogP contribution in [0.2, 0.25) is 0 Å². The molecule has 0 aliphatic carbocycles. The first kappa shape index (κ1) is 18.2. The molecule has 0 bridgehead atoms. The molecule has 0 radical (unpaired) electrons. The largest absolute Gasteiger partial charge is 0.393 e. The van der Waals surface area contributed by atoms with Crippen molar-refractivity contribution in [3.63, 3.8) is 0 Å². The number of ether oxygens (including phenoxy) is 1. The van der Waals surface area contributed by atoms with Gasteiger partial charge in [-0.05, 0) is 17.7 Å². The highest BCUT2D eigenvalue weighted by molar-refractivity contribution is 7.99. The van der Waals surface area contributed by atoms with Crippen LogP contribution < -0.4 is 11.2 Å². The van der Waals surface area contributed by atoms with Crippen LogP contribution in [0, 0.1) is 0 Å². The number of aromatic nitrogens is 2. The average molecular weight is 370 g/mol. The van der Waals surface area contributed by atoms with Gasteiger partial charge in [0.25, 0.3) is 5.56 Å². The van der Waals surface area contributed by atoms with Crippen LogP contribution in [0.5, 0.6) is 0 Å². The van der Waals surface area contributed by atoms with Gasteiger partial charge >= 0.3 is 5.69 Å². The van der Waals surface area contributed by atoms with E-state index in [-0.39, 0.29) is 13.3 Å². The minimum absolute atomic E-state index is 0.0924. The maximum atomic E-state index is 12.2. The zero-order valence-corrected chi connectivity index (χ0v) is 14.7. The minimum Gasteiger partial charge on any atom is -0.393 e. The second-order valence-corrected chi connectivity index (χ2v) is 6.59. The van der Waals surface area contributed by atoms with Crippen molar-refractivity contribution in [3.8, 4) is 0 Å². The summed E-state index contributed by atoms with van der Waals surface area (Å²) in [5.41, 5.74) is -0.211. The van der Waals surface area contributed by atoms with Crippen LogP contribution in [0.25, 0.3) is 0 Å². The van der Waals surface area contributed by atoms with Gasteiger partial charge in [0.2, 0.25) is 0 Å². The quantitative estimate of drug-likeness (QED) is 0.624. The lowest BCUT2D eigenvalue weighted by Crippen LogP contribution is -2.32. The van der Waals surface area contributed by atoms with Gasteiger partial charge in [-0.25, -0.2) is 4.79 Å². The van der Waals surface area contributed by atoms with Gasteiger partial charge in [-0.15, -0.1) is 0 Å². The van der Waals surface area contributed by atoms with Gasteiger partial charge in [-0.2, -0.15) is 0 Å². The number of aliphatic hydroxyl groups excluding tert-OH is 1. The summed E-state index contributed by atoms with van der Waals surface area (Å²) in [7, 11) is 0. The molecule has 0 fully saturated rings. The van der Waals surface area contributed by atoms with Crippen molar-refractivity contribution in [2.75, 3.05) is 6.61 Å². The number of H-pyrrole nitrogens is 1. The summed E-state index contributed by atoms with van der Waals surface area (Å²) in [6.45, 7) is -0.311. The standard InChI is InChI=1S/C19H18N2O4S/c22-12-16(14-7-3-1-4-8-14)25-13-21-18(11-17(23)20-19(21)24)26-15-9-5-2-6-10-15/h1-11,16,22H,12-13H2,(H,20,23,24). The Kier molecular flexibility index (Phi) is 6.06. The molecule has 2 aromatic carbocycles. The number of aromatic amines is 1. The number of benzene rings is 2. The molecule has 1 unspecified atom stereocenters. The fourth-order valence-electron chi connectivity index (χ4n) is 2.40. The molecule has 0 spiro atoms. The first-order valence-corrected chi connectivity index (χ1v) is 8.83. The molecule has 6 nitrogen and oxygen atoms in total. The minimum atomic E-state index is -0.565. The van der Waals surface area contributed by atoms with Crippen molar-refractivity contribution in [1.29, 1.82) is 0 Å². The molecule has 0 aliphatic rings. The van der Waals surface area contributed by atoms with Crippen LogP contribution in [-0.2, 0) is 11.5 Å². The van der Waals surface area contributed by atoms with Crippen molar-refractivity contribution in [2.24, 2.45) is 0 Å². The van der Waals surface area contributed by atoms with E-state index < -0.39 is 17.4 Å². The van der Waals surface area contributed by atoms with Crippen molar-refractivity contribution in [3.05, 3.63) is 93.1 Å². The van der Waals surface area contributed by atoms with Crippen LogP contribution in [0.1, 0.15) is 11.7 Å². The predicted octanol–water partition coefficient (Wildman–Crippen LogP) is 2.40. The molecule has 3 aromatic rings. The lowest BCUT2D eigenvalue weighted by Gasteiger charge is -2.18. The Hall–Kier alpha value is -2.61. The summed E-state index contributed by atoms with van der Waals surface area (Å²) in [6.07, 6.45) is -0.565. The SMILES string of the molecule is O=c1cc(Sc2ccccc2)n(COC(CO)c2ccccc2)c(=O)[nH]1. The number of rotatable bonds is 7. The van der Waals surface area contributed by atoms with Gasteiger partial charge in [0.05, 0.1) is 11.6 Å². The second kappa shape index (κ2) is 8.66. The maximum absolute atomic E-state index is 12.2. The third-order valence-corrected chi connectivity index (χ3v) is 4.76. The average Bonchev–Trinajstić information content (AvgIpc) is 2.65. The fourth-order valence-corrected chi connectivity index (χ4v) is 3.35. The molecule has 3 rings (SSSR count). The predicted molar refractivity (Wildman–Crippen MR) is 99.2 cm³/mol. The smallest absolute Gasteiger partial charge is 0.331 e. The van der Waals surface area contributed by atoms with Crippen LogP contribution in [0.15, 0.2) is 86.2 Å². The zero-order chi connectivity index (χ0) is 18.4. The first-order chi connectivity index (χ1) is 12.7. The van der Waals surface area contributed by atoms with Gasteiger partial charge in [0, 0.05) is 11.0 Å². The topological polar surface area (TPSA) is 84.3 Å². The van der Waals surface area contributed by atoms with E-state index in [1.165, 1.54) is 22.4 Å². The van der Waals surface area contributed by atoms with Crippen LogP contribution >= 0.6 is 11.8 Å². The molecule has 1 aromatic heterocycles. The Labute approximate surface area is 154 Å². The van der Waals surface area contributed by atoms with Crippen molar-refractivity contribution >= 4 is 11.8 Å². The number of nitrogens with one attached hydrogen (secondary N) is 1. The summed E-state index contributed by atoms with van der Waals surface area (Å²) in [4.78, 5) is 27.1. The van der Waals surface area contributed by atoms with E-state index in [4.69, 9.17) is 4.74 Å². The first-order valence-electron chi connectivity index (χ1n) is 8.02. The highest BCUT2D eigenvalue weighted by Crippen LogP contribution is 2.26. The molecule has 0 aliphatic heterocycles. The lowest BCUT2D eigenvalue weighted by molar-refractivity contribution is -0.0303. The highest BCUT2D eigenvalue weighted by atomic mass is 32.2. The lowest BCUT2D eigenvalue weighted by atomic mass is 10.1. The molecule has 7 heteroatoms. The summed E-state index contributed by atoms with van der Waals surface area (Å²) in [6, 6.07) is 20.1. The van der Waals surface area contributed by atoms with E-state index >= 15 is 0 Å². The Balaban J connectivity index is 1.85. The van der Waals surface area contributed by atoms with Crippen molar-refractivity contribution in [1.82, 2.24) is 9.55 Å². The van der Waals surface area contributed by atoms with Gasteiger partial charge in [0.1, 0.15) is 12.8 Å². The van der Waals surface area contributed by atoms with Crippen LogP contribution in [0.3, 0.4) is 0 Å². The number of hydrogen-bond acceptors (Lipinski definition) is 5. The molecular formula is C19H18N2O4S. The Morgan fingerprint density at radius 2 is 1.69 bits per heavy atom. The zero-order valence-electron chi connectivity index (χ0n) is 13.9. The molecule has 1 atom stereocenters. The molecule has 0 saturated carbocycles. The van der Waals surface area contributed by atoms with Gasteiger partial charge in [-0.3, -0.25) is 14.3 Å². The second-order valence-electron chi connectivity index (χ2n) is 5.50. The molecule has 1 heterocycles. The number of aliphatic hydroxyl groups is 1. The molecule has 134 valence electrons. The highest BCUT2D eigenvalue weighted by Gasteiger charge is 2.14. The van der Waals surface area contributed by atoms with E-state index in [9.17, 15) is 14.7 Å². The normalized spacial score (nSPS) is 12.0. The third-order valence-electron chi connectivity index (χ3n) is 3.70. The fraction of sp³-hybridized carbons (Fsp3) is 0.158. The van der Waals surface area contributed by atoms with Gasteiger partial charge in [0.15, 0.2) is 0 Å². The molecule has 2 N–H and O–H groups in total. The summed E-state index contributed by atoms with van der Waals surface area (Å²) < 4.78 is 7.08.